The van der Waals surface area contributed by atoms with E-state index in [-0.39, 0.29) is 5.91 Å². The molecule has 1 N–H and O–H groups in total. The highest BCUT2D eigenvalue weighted by molar-refractivity contribution is 7.16. The lowest BCUT2D eigenvalue weighted by Crippen LogP contribution is -2.07. The Balaban J connectivity index is 1.61. The van der Waals surface area contributed by atoms with Gasteiger partial charge >= 0.3 is 0 Å². The number of carbonyl (C=O) groups is 1. The lowest BCUT2D eigenvalue weighted by molar-refractivity contribution is -0.111. The smallest absolute Gasteiger partial charge is 0.250 e. The molecular weight excluding hydrogens is 396 g/mol. The van der Waals surface area contributed by atoms with Gasteiger partial charge in [-0.1, -0.05) is 19.1 Å². The first-order valence-corrected chi connectivity index (χ1v) is 10.8. The number of rotatable bonds is 9. The highest BCUT2D eigenvalue weighted by Gasteiger charge is 2.11. The van der Waals surface area contributed by atoms with Crippen LogP contribution >= 0.6 is 11.3 Å². The lowest BCUT2D eigenvalue weighted by Gasteiger charge is -2.04. The summed E-state index contributed by atoms with van der Waals surface area (Å²) in [4.78, 5) is 17.9. The number of aromatic nitrogens is 1. The van der Waals surface area contributed by atoms with Crippen LogP contribution in [0.2, 0.25) is 0 Å². The molecule has 0 fully saturated rings. The van der Waals surface area contributed by atoms with Gasteiger partial charge in [-0.2, -0.15) is 0 Å². The number of hydrogen-bond donors (Lipinski definition) is 1. The van der Waals surface area contributed by atoms with Gasteiger partial charge in [0.1, 0.15) is 11.5 Å². The van der Waals surface area contributed by atoms with Gasteiger partial charge < -0.3 is 9.47 Å². The third-order valence-corrected chi connectivity index (χ3v) is 5.13. The van der Waals surface area contributed by atoms with E-state index in [4.69, 9.17) is 9.47 Å². The van der Waals surface area contributed by atoms with Crippen molar-refractivity contribution in [2.24, 2.45) is 0 Å². The van der Waals surface area contributed by atoms with Gasteiger partial charge in [0.25, 0.3) is 0 Å². The summed E-state index contributed by atoms with van der Waals surface area (Å²) in [6.45, 7) is 7.36. The first-order chi connectivity index (χ1) is 14.6. The van der Waals surface area contributed by atoms with Crippen molar-refractivity contribution in [1.29, 1.82) is 0 Å². The summed E-state index contributed by atoms with van der Waals surface area (Å²) in [7, 11) is 0. The van der Waals surface area contributed by atoms with Crippen LogP contribution in [0.4, 0.5) is 5.13 Å². The average Bonchev–Trinajstić information content (AvgIpc) is 3.12. The molecule has 5 nitrogen and oxygen atoms in total. The maximum atomic E-state index is 12.3. The van der Waals surface area contributed by atoms with E-state index < -0.39 is 0 Å². The number of carbonyl (C=O) groups excluding carboxylic acids is 1. The number of hydrogen-bond acceptors (Lipinski definition) is 5. The van der Waals surface area contributed by atoms with Crippen LogP contribution in [0, 0.1) is 6.92 Å². The molecule has 0 saturated carbocycles. The molecule has 0 radical (unpaired) electrons. The molecule has 6 heteroatoms. The Kier molecular flexibility index (Phi) is 7.63. The van der Waals surface area contributed by atoms with Crippen LogP contribution in [0.5, 0.6) is 11.5 Å². The zero-order valence-electron chi connectivity index (χ0n) is 17.5. The second kappa shape index (κ2) is 10.6. The number of benzene rings is 2. The SMILES string of the molecule is CCCOc1ccc(/C=C/C(=O)Nc2nc(-c3ccc(OCC)cc3)c(C)s2)cc1. The number of nitrogens with zero attached hydrogens (tertiary/aromatic N) is 1. The minimum atomic E-state index is -0.215. The molecule has 3 aromatic rings. The Morgan fingerprint density at radius 3 is 2.37 bits per heavy atom. The van der Waals surface area contributed by atoms with Crippen LogP contribution in [0.15, 0.2) is 54.6 Å². The molecule has 2 aromatic carbocycles. The normalized spacial score (nSPS) is 10.9. The number of nitrogens with one attached hydrogen (secondary N) is 1. The van der Waals surface area contributed by atoms with E-state index in [2.05, 4.69) is 17.2 Å². The van der Waals surface area contributed by atoms with Crippen LogP contribution in [-0.4, -0.2) is 24.1 Å². The summed E-state index contributed by atoms with van der Waals surface area (Å²) in [6, 6.07) is 15.5. The second-order valence-electron chi connectivity index (χ2n) is 6.62. The average molecular weight is 423 g/mol. The molecule has 0 aliphatic carbocycles. The van der Waals surface area contributed by atoms with Gasteiger partial charge in [-0.25, -0.2) is 4.98 Å². The van der Waals surface area contributed by atoms with E-state index in [1.807, 2.05) is 62.4 Å². The first kappa shape index (κ1) is 21.6. The van der Waals surface area contributed by atoms with Crippen LogP contribution in [0.25, 0.3) is 17.3 Å². The van der Waals surface area contributed by atoms with E-state index in [9.17, 15) is 4.79 Å². The van der Waals surface area contributed by atoms with Crippen LogP contribution in [0.1, 0.15) is 30.7 Å². The maximum Gasteiger partial charge on any atom is 0.250 e. The summed E-state index contributed by atoms with van der Waals surface area (Å²) in [6.07, 6.45) is 4.25. The molecular formula is C24H26N2O3S. The fourth-order valence-corrected chi connectivity index (χ4v) is 3.65. The van der Waals surface area contributed by atoms with Crippen molar-refractivity contribution in [3.8, 4) is 22.8 Å². The van der Waals surface area contributed by atoms with Crippen LogP contribution in [0.3, 0.4) is 0 Å². The lowest BCUT2D eigenvalue weighted by atomic mass is 10.1. The monoisotopic (exact) mass is 422 g/mol. The van der Waals surface area contributed by atoms with Crippen molar-refractivity contribution >= 4 is 28.5 Å². The van der Waals surface area contributed by atoms with Crippen molar-refractivity contribution in [2.75, 3.05) is 18.5 Å². The predicted octanol–water partition coefficient (Wildman–Crippen LogP) is 5.96. The summed E-state index contributed by atoms with van der Waals surface area (Å²) in [5.74, 6) is 1.45. The van der Waals surface area contributed by atoms with Crippen molar-refractivity contribution in [3.05, 3.63) is 65.0 Å². The highest BCUT2D eigenvalue weighted by atomic mass is 32.1. The van der Waals surface area contributed by atoms with Crippen molar-refractivity contribution in [3.63, 3.8) is 0 Å². The van der Waals surface area contributed by atoms with Gasteiger partial charge in [-0.15, -0.1) is 11.3 Å². The summed E-state index contributed by atoms with van der Waals surface area (Å²) >= 11 is 1.46. The topological polar surface area (TPSA) is 60.5 Å². The Bertz CT molecular complexity index is 992. The van der Waals surface area contributed by atoms with Crippen molar-refractivity contribution in [2.45, 2.75) is 27.2 Å². The summed E-state index contributed by atoms with van der Waals surface area (Å²) < 4.78 is 11.0. The minimum Gasteiger partial charge on any atom is -0.494 e. The molecule has 3 rings (SSSR count). The maximum absolute atomic E-state index is 12.3. The second-order valence-corrected chi connectivity index (χ2v) is 7.82. The van der Waals surface area contributed by atoms with Gasteiger partial charge in [0.05, 0.1) is 18.9 Å². The van der Waals surface area contributed by atoms with Crippen molar-refractivity contribution < 1.29 is 14.3 Å². The van der Waals surface area contributed by atoms with E-state index >= 15 is 0 Å². The number of thiazole rings is 1. The number of aryl methyl sites for hydroxylation is 1. The molecule has 156 valence electrons. The fourth-order valence-electron chi connectivity index (χ4n) is 2.81. The Morgan fingerprint density at radius 1 is 1.03 bits per heavy atom. The number of anilines is 1. The largest absolute Gasteiger partial charge is 0.494 e. The highest BCUT2D eigenvalue weighted by Crippen LogP contribution is 2.31. The number of ether oxygens (including phenoxy) is 2. The standard InChI is InChI=1S/C24H26N2O3S/c1-4-16-29-21-11-6-18(7-12-21)8-15-22(27)25-24-26-23(17(3)30-24)19-9-13-20(14-10-19)28-5-2/h6-15H,4-5,16H2,1-3H3,(H,25,26,27)/b15-8+. The van der Waals surface area contributed by atoms with Gasteiger partial charge in [0.15, 0.2) is 5.13 Å². The molecule has 1 amide bonds. The molecule has 1 aromatic heterocycles. The molecule has 0 aliphatic heterocycles. The van der Waals surface area contributed by atoms with Crippen LogP contribution in [-0.2, 0) is 4.79 Å². The van der Waals surface area contributed by atoms with E-state index in [1.54, 1.807) is 6.08 Å². The molecule has 0 unspecified atom stereocenters. The molecule has 30 heavy (non-hydrogen) atoms. The number of amides is 1. The Labute approximate surface area is 181 Å². The molecule has 1 heterocycles. The zero-order chi connectivity index (χ0) is 21.3. The quantitative estimate of drug-likeness (QED) is 0.432. The van der Waals surface area contributed by atoms with Crippen LogP contribution < -0.4 is 14.8 Å². The summed E-state index contributed by atoms with van der Waals surface area (Å²) in [5, 5.41) is 3.42. The van der Waals surface area contributed by atoms with E-state index in [0.29, 0.717) is 18.3 Å². The van der Waals surface area contributed by atoms with Gasteiger partial charge in [-0.05, 0) is 68.3 Å². The molecule has 0 spiro atoms. The third-order valence-electron chi connectivity index (χ3n) is 4.25. The van der Waals surface area contributed by atoms with Gasteiger partial charge in [0.2, 0.25) is 5.91 Å². The fraction of sp³-hybridized carbons (Fsp3) is 0.250. The first-order valence-electron chi connectivity index (χ1n) is 10.0. The molecule has 0 saturated heterocycles. The Morgan fingerprint density at radius 2 is 1.70 bits per heavy atom. The van der Waals surface area contributed by atoms with E-state index in [1.165, 1.54) is 17.4 Å². The Hall–Kier alpha value is -3.12. The molecule has 0 atom stereocenters. The summed E-state index contributed by atoms with van der Waals surface area (Å²) in [5.41, 5.74) is 2.79. The van der Waals surface area contributed by atoms with E-state index in [0.717, 1.165) is 39.6 Å². The molecule has 0 aliphatic rings. The zero-order valence-corrected chi connectivity index (χ0v) is 18.3. The van der Waals surface area contributed by atoms with Crippen molar-refractivity contribution in [1.82, 2.24) is 4.98 Å². The van der Waals surface area contributed by atoms with Gasteiger partial charge in [0, 0.05) is 16.5 Å². The van der Waals surface area contributed by atoms with Gasteiger partial charge in [-0.3, -0.25) is 10.1 Å². The third kappa shape index (κ3) is 5.94. The predicted molar refractivity (Wildman–Crippen MR) is 123 cm³/mol. The minimum absolute atomic E-state index is 0.215. The molecule has 0 bridgehead atoms.